The number of carbonyl (C=O) groups excluding carboxylic acids is 1. The van der Waals surface area contributed by atoms with Crippen molar-refractivity contribution in [2.45, 2.75) is 6.92 Å². The second-order valence-corrected chi connectivity index (χ2v) is 7.01. The molecule has 0 atom stereocenters. The van der Waals surface area contributed by atoms with Gasteiger partial charge >= 0.3 is 0 Å². The van der Waals surface area contributed by atoms with Gasteiger partial charge in [0.2, 0.25) is 6.41 Å². The van der Waals surface area contributed by atoms with E-state index in [1.807, 2.05) is 31.2 Å². The summed E-state index contributed by atoms with van der Waals surface area (Å²) in [5.74, 6) is 1.04. The number of anilines is 1. The number of ether oxygens (including phenoxy) is 2. The number of aliphatic imine (C=N–C) groups is 1. The lowest BCUT2D eigenvalue weighted by atomic mass is 10.1. The summed E-state index contributed by atoms with van der Waals surface area (Å²) >= 11 is 0. The molecule has 3 aromatic rings. The van der Waals surface area contributed by atoms with Gasteiger partial charge in [-0.2, -0.15) is 0 Å². The Hall–Kier alpha value is -3.91. The number of aryl methyl sites for hydroxylation is 2. The smallest absolute Gasteiger partial charge is 0.276 e. The third kappa shape index (κ3) is 5.61. The predicted molar refractivity (Wildman–Crippen MR) is 125 cm³/mol. The van der Waals surface area contributed by atoms with Gasteiger partial charge in [0.1, 0.15) is 18.0 Å². The summed E-state index contributed by atoms with van der Waals surface area (Å²) in [5, 5.41) is 1.30. The maximum atomic E-state index is 12.5. The molecule has 1 N–H and O–H groups in total. The van der Waals surface area contributed by atoms with E-state index >= 15 is 0 Å². The molecule has 0 spiro atoms. The van der Waals surface area contributed by atoms with Crippen LogP contribution in [0.25, 0.3) is 0 Å². The normalized spacial score (nSPS) is 11.2. The highest BCUT2D eigenvalue weighted by Crippen LogP contribution is 2.19. The van der Waals surface area contributed by atoms with Gasteiger partial charge in [-0.15, -0.1) is 0 Å². The lowest BCUT2D eigenvalue weighted by Crippen LogP contribution is -2.42. The first-order valence-electron chi connectivity index (χ1n) is 10.1. The van der Waals surface area contributed by atoms with Crippen molar-refractivity contribution >= 4 is 23.6 Å². The number of hydrogen-bond acceptors (Lipinski definition) is 5. The van der Waals surface area contributed by atoms with Crippen LogP contribution >= 0.6 is 0 Å². The first-order chi connectivity index (χ1) is 15.5. The molecule has 2 aromatic carbocycles. The number of hydrazine groups is 1. The third-order valence-electron chi connectivity index (χ3n) is 4.74. The van der Waals surface area contributed by atoms with E-state index in [4.69, 9.17) is 9.47 Å². The van der Waals surface area contributed by atoms with Crippen LogP contribution in [0.3, 0.4) is 0 Å². The van der Waals surface area contributed by atoms with Crippen LogP contribution in [0.4, 0.5) is 11.4 Å². The van der Waals surface area contributed by atoms with Crippen LogP contribution in [0.5, 0.6) is 5.75 Å². The Morgan fingerprint density at radius 2 is 1.84 bits per heavy atom. The van der Waals surface area contributed by atoms with Crippen molar-refractivity contribution < 1.29 is 14.3 Å². The molecule has 0 aliphatic rings. The molecule has 0 saturated heterocycles. The van der Waals surface area contributed by atoms with Crippen molar-refractivity contribution in [2.75, 3.05) is 25.3 Å². The maximum absolute atomic E-state index is 12.5. The van der Waals surface area contributed by atoms with Crippen LogP contribution in [0.15, 0.2) is 76.6 Å². The number of aromatic nitrogens is 1. The summed E-state index contributed by atoms with van der Waals surface area (Å²) in [6.07, 6.45) is 2.31. The lowest BCUT2D eigenvalue weighted by Gasteiger charge is -2.22. The zero-order chi connectivity index (χ0) is 22.9. The average molecular weight is 434 g/mol. The Bertz CT molecular complexity index is 1140. The van der Waals surface area contributed by atoms with Crippen LogP contribution < -0.4 is 20.7 Å². The third-order valence-corrected chi connectivity index (χ3v) is 4.74. The molecular formula is C24H26N4O4. The van der Waals surface area contributed by atoms with E-state index in [1.54, 1.807) is 56.8 Å². The van der Waals surface area contributed by atoms with E-state index in [-0.39, 0.29) is 11.2 Å². The van der Waals surface area contributed by atoms with Gasteiger partial charge in [0, 0.05) is 25.9 Å². The molecule has 0 saturated carbocycles. The molecule has 3 rings (SSSR count). The van der Waals surface area contributed by atoms with Crippen LogP contribution in [-0.4, -0.2) is 37.1 Å². The summed E-state index contributed by atoms with van der Waals surface area (Å²) in [6.45, 7) is 2.85. The van der Waals surface area contributed by atoms with E-state index in [2.05, 4.69) is 10.4 Å². The second-order valence-electron chi connectivity index (χ2n) is 7.01. The van der Waals surface area contributed by atoms with Gasteiger partial charge in [0.25, 0.3) is 5.56 Å². The quantitative estimate of drug-likeness (QED) is 0.184. The van der Waals surface area contributed by atoms with Crippen LogP contribution in [0.1, 0.15) is 11.1 Å². The Morgan fingerprint density at radius 3 is 2.53 bits per heavy atom. The van der Waals surface area contributed by atoms with Crippen molar-refractivity contribution in [3.63, 3.8) is 0 Å². The summed E-state index contributed by atoms with van der Waals surface area (Å²) in [6, 6.07) is 18.0. The van der Waals surface area contributed by atoms with Crippen molar-refractivity contribution in [1.29, 1.82) is 0 Å². The molecule has 32 heavy (non-hydrogen) atoms. The number of methoxy groups -OCH3 is 1. The topological polar surface area (TPSA) is 85.2 Å². The number of benzene rings is 2. The molecular weight excluding hydrogens is 408 g/mol. The molecule has 0 unspecified atom stereocenters. The number of carbonyl (C=O) groups is 1. The van der Waals surface area contributed by atoms with Crippen molar-refractivity contribution in [1.82, 2.24) is 9.99 Å². The first-order valence-corrected chi connectivity index (χ1v) is 10.1. The molecule has 0 aliphatic heterocycles. The fourth-order valence-electron chi connectivity index (χ4n) is 2.98. The summed E-state index contributed by atoms with van der Waals surface area (Å²) < 4.78 is 12.0. The van der Waals surface area contributed by atoms with Crippen LogP contribution in [-0.2, 0) is 16.6 Å². The number of rotatable bonds is 9. The number of pyridine rings is 1. The highest BCUT2D eigenvalue weighted by atomic mass is 16.5. The molecule has 0 radical (unpaired) electrons. The molecule has 1 amide bonds. The van der Waals surface area contributed by atoms with E-state index in [9.17, 15) is 9.59 Å². The van der Waals surface area contributed by atoms with Gasteiger partial charge < -0.3 is 14.0 Å². The maximum Gasteiger partial charge on any atom is 0.276 e. The van der Waals surface area contributed by atoms with E-state index < -0.39 is 0 Å². The molecule has 0 fully saturated rings. The Balaban J connectivity index is 1.94. The minimum absolute atomic E-state index is 0.240. The molecule has 8 nitrogen and oxygen atoms in total. The number of nitrogens with one attached hydrogen (secondary N) is 1. The van der Waals surface area contributed by atoms with Gasteiger partial charge in [-0.25, -0.2) is 10.0 Å². The Kier molecular flexibility index (Phi) is 7.77. The van der Waals surface area contributed by atoms with E-state index in [0.29, 0.717) is 36.9 Å². The number of amidine groups is 1. The zero-order valence-electron chi connectivity index (χ0n) is 18.3. The largest absolute Gasteiger partial charge is 0.491 e. The van der Waals surface area contributed by atoms with Gasteiger partial charge in [-0.05, 0) is 48.9 Å². The molecule has 1 aromatic heterocycles. The minimum atomic E-state index is -0.240. The molecule has 8 heteroatoms. The Labute approximate surface area is 186 Å². The Morgan fingerprint density at radius 1 is 1.09 bits per heavy atom. The fourth-order valence-corrected chi connectivity index (χ4v) is 2.98. The molecule has 0 bridgehead atoms. The van der Waals surface area contributed by atoms with Crippen molar-refractivity contribution in [2.24, 2.45) is 12.0 Å². The summed E-state index contributed by atoms with van der Waals surface area (Å²) in [4.78, 5) is 29.0. The number of nitrogens with zero attached hydrogens (tertiary/aromatic N) is 3. The van der Waals surface area contributed by atoms with Gasteiger partial charge in [-0.3, -0.25) is 15.0 Å². The first kappa shape index (κ1) is 22.8. The van der Waals surface area contributed by atoms with Crippen molar-refractivity contribution in [3.05, 3.63) is 88.3 Å². The highest BCUT2D eigenvalue weighted by molar-refractivity contribution is 6.03. The van der Waals surface area contributed by atoms with E-state index in [1.165, 1.54) is 9.58 Å². The molecule has 166 valence electrons. The monoisotopic (exact) mass is 434 g/mol. The van der Waals surface area contributed by atoms with Crippen LogP contribution in [0, 0.1) is 6.92 Å². The summed E-state index contributed by atoms with van der Waals surface area (Å²) in [7, 11) is 3.27. The van der Waals surface area contributed by atoms with Crippen molar-refractivity contribution in [3.8, 4) is 5.75 Å². The van der Waals surface area contributed by atoms with Gasteiger partial charge in [0.15, 0.2) is 5.84 Å². The highest BCUT2D eigenvalue weighted by Gasteiger charge is 2.14. The predicted octanol–water partition coefficient (Wildman–Crippen LogP) is 2.96. The van der Waals surface area contributed by atoms with Crippen LogP contribution in [0.2, 0.25) is 0 Å². The molecule has 0 aliphatic carbocycles. The fraction of sp³-hybridized carbons (Fsp3) is 0.208. The average Bonchev–Trinajstić information content (AvgIpc) is 2.80. The number of amides is 1. The molecule has 1 heterocycles. The number of hydrogen-bond donors (Lipinski definition) is 1. The van der Waals surface area contributed by atoms with E-state index in [0.717, 1.165) is 11.1 Å². The standard InChI is InChI=1S/C24H26N4O4/c1-18-7-4-5-8-21(18)23(25-22-9-6-14-27(2)24(22)30)26-28(17-29)19-10-12-20(13-11-19)32-16-15-31-3/h4-14,17H,15-16H2,1-3H3,(H,25,26). The summed E-state index contributed by atoms with van der Waals surface area (Å²) in [5.41, 5.74) is 5.36. The minimum Gasteiger partial charge on any atom is -0.491 e. The van der Waals surface area contributed by atoms with Gasteiger partial charge in [0.05, 0.1) is 12.3 Å². The lowest BCUT2D eigenvalue weighted by molar-refractivity contribution is -0.107. The second kappa shape index (κ2) is 10.9. The van der Waals surface area contributed by atoms with Gasteiger partial charge in [-0.1, -0.05) is 24.3 Å². The SMILES string of the molecule is COCCOc1ccc(N(C=O)NC(=Nc2cccn(C)c2=O)c2ccccc2C)cc1. The zero-order valence-corrected chi connectivity index (χ0v) is 18.3.